The number of carbonyl (C=O) groups is 1. The highest BCUT2D eigenvalue weighted by Crippen LogP contribution is 2.31. The Kier molecular flexibility index (Phi) is 5.66. The number of nitrogens with zero attached hydrogens (tertiary/aromatic N) is 1. The van der Waals surface area contributed by atoms with Gasteiger partial charge < -0.3 is 14.8 Å². The number of halogens is 3. The molecular weight excluding hydrogens is 345 g/mol. The average Bonchev–Trinajstić information content (AvgIpc) is 3.01. The number of hydrogen-bond acceptors (Lipinski definition) is 5. The minimum Gasteiger partial charge on any atom is -0.497 e. The zero-order valence-electron chi connectivity index (χ0n) is 12.9. The van der Waals surface area contributed by atoms with E-state index in [2.05, 4.69) is 10.3 Å². The van der Waals surface area contributed by atoms with Gasteiger partial charge in [0.05, 0.1) is 14.2 Å². The van der Waals surface area contributed by atoms with E-state index in [9.17, 15) is 18.0 Å². The SMILES string of the molecule is COc1cc(CCC(=O)Nc2nc(C(F)(F)F)cs2)cc(OC)c1. The number of benzene rings is 1. The molecule has 0 unspecified atom stereocenters. The van der Waals surface area contributed by atoms with Crippen molar-refractivity contribution < 1.29 is 27.4 Å². The van der Waals surface area contributed by atoms with E-state index >= 15 is 0 Å². The minimum atomic E-state index is -4.52. The number of aryl methyl sites for hydroxylation is 1. The summed E-state index contributed by atoms with van der Waals surface area (Å²) in [6, 6.07) is 5.24. The van der Waals surface area contributed by atoms with Crippen molar-refractivity contribution in [2.24, 2.45) is 0 Å². The molecule has 5 nitrogen and oxygen atoms in total. The minimum absolute atomic E-state index is 0.0736. The Morgan fingerprint density at radius 1 is 1.21 bits per heavy atom. The molecule has 0 aliphatic carbocycles. The molecule has 9 heteroatoms. The third-order valence-electron chi connectivity index (χ3n) is 3.09. The fourth-order valence-electron chi connectivity index (χ4n) is 1.91. The van der Waals surface area contributed by atoms with Gasteiger partial charge in [-0.05, 0) is 24.1 Å². The van der Waals surface area contributed by atoms with Crippen LogP contribution >= 0.6 is 11.3 Å². The third-order valence-corrected chi connectivity index (χ3v) is 3.85. The standard InChI is InChI=1S/C15H15F3N2O3S/c1-22-10-5-9(6-11(7-10)23-2)3-4-13(21)20-14-19-12(8-24-14)15(16,17)18/h5-8H,3-4H2,1-2H3,(H,19,20,21). The smallest absolute Gasteiger partial charge is 0.434 e. The molecule has 1 aromatic carbocycles. The molecule has 0 fully saturated rings. The average molecular weight is 360 g/mol. The molecule has 24 heavy (non-hydrogen) atoms. The summed E-state index contributed by atoms with van der Waals surface area (Å²) in [6.07, 6.45) is -4.04. The van der Waals surface area contributed by atoms with Crippen LogP contribution in [0.15, 0.2) is 23.6 Å². The van der Waals surface area contributed by atoms with E-state index in [0.717, 1.165) is 22.3 Å². The lowest BCUT2D eigenvalue weighted by Crippen LogP contribution is -2.13. The fourth-order valence-corrected chi connectivity index (χ4v) is 2.65. The molecule has 1 heterocycles. The van der Waals surface area contributed by atoms with E-state index in [1.165, 1.54) is 14.2 Å². The number of carbonyl (C=O) groups excluding carboxylic acids is 1. The normalized spacial score (nSPS) is 11.2. The highest BCUT2D eigenvalue weighted by atomic mass is 32.1. The lowest BCUT2D eigenvalue weighted by Gasteiger charge is -2.08. The molecule has 2 aromatic rings. The molecule has 1 amide bonds. The molecule has 0 bridgehead atoms. The Morgan fingerprint density at radius 3 is 2.33 bits per heavy atom. The van der Waals surface area contributed by atoms with Crippen molar-refractivity contribution in [3.8, 4) is 11.5 Å². The quantitative estimate of drug-likeness (QED) is 0.852. The van der Waals surface area contributed by atoms with Gasteiger partial charge >= 0.3 is 6.18 Å². The van der Waals surface area contributed by atoms with Crippen molar-refractivity contribution in [3.05, 3.63) is 34.8 Å². The van der Waals surface area contributed by atoms with Gasteiger partial charge in [0.25, 0.3) is 0 Å². The van der Waals surface area contributed by atoms with E-state index in [1.54, 1.807) is 18.2 Å². The van der Waals surface area contributed by atoms with Crippen molar-refractivity contribution >= 4 is 22.4 Å². The number of nitrogens with one attached hydrogen (secondary N) is 1. The van der Waals surface area contributed by atoms with Crippen LogP contribution in [0, 0.1) is 0 Å². The molecule has 0 saturated heterocycles. The summed E-state index contributed by atoms with van der Waals surface area (Å²) < 4.78 is 47.7. The molecule has 0 saturated carbocycles. The Hall–Kier alpha value is -2.29. The summed E-state index contributed by atoms with van der Waals surface area (Å²) in [6.45, 7) is 0. The van der Waals surface area contributed by atoms with Gasteiger partial charge in [-0.2, -0.15) is 13.2 Å². The molecule has 1 aromatic heterocycles. The summed E-state index contributed by atoms with van der Waals surface area (Å²) in [5.41, 5.74) is -0.197. The lowest BCUT2D eigenvalue weighted by atomic mass is 10.1. The van der Waals surface area contributed by atoms with Gasteiger partial charge in [0.15, 0.2) is 10.8 Å². The molecule has 0 atom stereocenters. The predicted octanol–water partition coefficient (Wildman–Crippen LogP) is 3.75. The second kappa shape index (κ2) is 7.52. The van der Waals surface area contributed by atoms with E-state index in [1.807, 2.05) is 0 Å². The largest absolute Gasteiger partial charge is 0.497 e. The van der Waals surface area contributed by atoms with E-state index in [4.69, 9.17) is 9.47 Å². The van der Waals surface area contributed by atoms with Crippen molar-refractivity contribution in [2.45, 2.75) is 19.0 Å². The maximum atomic E-state index is 12.5. The first-order valence-corrected chi connectivity index (χ1v) is 7.74. The van der Waals surface area contributed by atoms with Gasteiger partial charge in [0, 0.05) is 17.9 Å². The van der Waals surface area contributed by atoms with Gasteiger partial charge in [-0.25, -0.2) is 4.98 Å². The van der Waals surface area contributed by atoms with E-state index < -0.39 is 17.8 Å². The fraction of sp³-hybridized carbons (Fsp3) is 0.333. The Labute approximate surface area is 140 Å². The number of amides is 1. The summed E-state index contributed by atoms with van der Waals surface area (Å²) in [7, 11) is 3.04. The molecule has 0 spiro atoms. The van der Waals surface area contributed by atoms with Crippen LogP contribution in [0.4, 0.5) is 18.3 Å². The second-order valence-electron chi connectivity index (χ2n) is 4.80. The molecular formula is C15H15F3N2O3S. The van der Waals surface area contributed by atoms with Crippen molar-refractivity contribution in [3.63, 3.8) is 0 Å². The summed E-state index contributed by atoms with van der Waals surface area (Å²) in [4.78, 5) is 15.2. The van der Waals surface area contributed by atoms with Crippen LogP contribution in [0.1, 0.15) is 17.7 Å². The second-order valence-corrected chi connectivity index (χ2v) is 5.66. The number of aromatic nitrogens is 1. The molecule has 130 valence electrons. The van der Waals surface area contributed by atoms with Crippen LogP contribution in [-0.4, -0.2) is 25.1 Å². The first-order valence-electron chi connectivity index (χ1n) is 6.86. The zero-order valence-corrected chi connectivity index (χ0v) is 13.8. The van der Waals surface area contributed by atoms with Crippen molar-refractivity contribution in [1.82, 2.24) is 4.98 Å². The number of methoxy groups -OCH3 is 2. The Morgan fingerprint density at radius 2 is 1.83 bits per heavy atom. The molecule has 2 rings (SSSR count). The lowest BCUT2D eigenvalue weighted by molar-refractivity contribution is -0.140. The predicted molar refractivity (Wildman–Crippen MR) is 83.6 cm³/mol. The summed E-state index contributed by atoms with van der Waals surface area (Å²) in [5, 5.41) is 3.16. The van der Waals surface area contributed by atoms with Crippen LogP contribution in [0.3, 0.4) is 0 Å². The topological polar surface area (TPSA) is 60.5 Å². The number of thiazole rings is 1. The van der Waals surface area contributed by atoms with Gasteiger partial charge in [-0.3, -0.25) is 4.79 Å². The van der Waals surface area contributed by atoms with Gasteiger partial charge in [-0.15, -0.1) is 11.3 Å². The number of alkyl halides is 3. The molecule has 0 aliphatic rings. The van der Waals surface area contributed by atoms with Crippen LogP contribution in [0.25, 0.3) is 0 Å². The van der Waals surface area contributed by atoms with Crippen LogP contribution < -0.4 is 14.8 Å². The van der Waals surface area contributed by atoms with E-state index in [0.29, 0.717) is 17.9 Å². The summed E-state index contributed by atoms with van der Waals surface area (Å²) in [5.74, 6) is 0.777. The monoisotopic (exact) mass is 360 g/mol. The maximum Gasteiger partial charge on any atom is 0.434 e. The number of rotatable bonds is 6. The number of anilines is 1. The van der Waals surface area contributed by atoms with Crippen molar-refractivity contribution in [2.75, 3.05) is 19.5 Å². The molecule has 0 aliphatic heterocycles. The van der Waals surface area contributed by atoms with Crippen molar-refractivity contribution in [1.29, 1.82) is 0 Å². The highest BCUT2D eigenvalue weighted by Gasteiger charge is 2.33. The van der Waals surface area contributed by atoms with E-state index in [-0.39, 0.29) is 11.6 Å². The third kappa shape index (κ3) is 4.85. The Balaban J connectivity index is 1.95. The number of hydrogen-bond donors (Lipinski definition) is 1. The maximum absolute atomic E-state index is 12.5. The summed E-state index contributed by atoms with van der Waals surface area (Å²) >= 11 is 0.736. The van der Waals surface area contributed by atoms with Gasteiger partial charge in [0.2, 0.25) is 5.91 Å². The van der Waals surface area contributed by atoms with Gasteiger partial charge in [0.1, 0.15) is 11.5 Å². The van der Waals surface area contributed by atoms with Crippen LogP contribution in [0.2, 0.25) is 0 Å². The van der Waals surface area contributed by atoms with Gasteiger partial charge in [-0.1, -0.05) is 0 Å². The van der Waals surface area contributed by atoms with Crippen LogP contribution in [0.5, 0.6) is 11.5 Å². The first kappa shape index (κ1) is 18.1. The molecule has 1 N–H and O–H groups in total. The zero-order chi connectivity index (χ0) is 17.7. The first-order chi connectivity index (χ1) is 11.3. The van der Waals surface area contributed by atoms with Crippen LogP contribution in [-0.2, 0) is 17.4 Å². The highest BCUT2D eigenvalue weighted by molar-refractivity contribution is 7.13. The number of ether oxygens (including phenoxy) is 2. The Bertz CT molecular complexity index is 694. The molecule has 0 radical (unpaired) electrons.